The van der Waals surface area contributed by atoms with Gasteiger partial charge in [0.2, 0.25) is 0 Å². The highest BCUT2D eigenvalue weighted by Crippen LogP contribution is 2.23. The number of ketones is 1. The Bertz CT molecular complexity index is 689. The molecule has 0 unspecified atom stereocenters. The summed E-state index contributed by atoms with van der Waals surface area (Å²) < 4.78 is 5.06. The molecule has 1 aromatic heterocycles. The second-order valence-electron chi connectivity index (χ2n) is 4.89. The Hall–Kier alpha value is -2.63. The number of methoxy groups -OCH3 is 1. The maximum absolute atomic E-state index is 12.3. The molecule has 21 heavy (non-hydrogen) atoms. The summed E-state index contributed by atoms with van der Waals surface area (Å²) in [5.41, 5.74) is 1.99. The number of H-pyrrole nitrogens is 1. The van der Waals surface area contributed by atoms with Crippen molar-refractivity contribution in [1.29, 1.82) is 0 Å². The van der Waals surface area contributed by atoms with Gasteiger partial charge in [-0.3, -0.25) is 14.7 Å². The first-order valence-electron chi connectivity index (χ1n) is 6.75. The summed E-state index contributed by atoms with van der Waals surface area (Å²) in [6, 6.07) is 6.97. The van der Waals surface area contributed by atoms with E-state index in [1.807, 2.05) is 0 Å². The van der Waals surface area contributed by atoms with Crippen LogP contribution in [0.25, 0.3) is 0 Å². The van der Waals surface area contributed by atoms with E-state index in [1.165, 1.54) is 0 Å². The number of anilines is 1. The molecule has 0 saturated carbocycles. The van der Waals surface area contributed by atoms with Gasteiger partial charge in [0.15, 0.2) is 11.5 Å². The zero-order chi connectivity index (χ0) is 14.8. The minimum Gasteiger partial charge on any atom is -0.497 e. The number of ether oxygens (including phenoxy) is 1. The molecule has 6 heteroatoms. The minimum atomic E-state index is -0.382. The molecule has 0 fully saturated rings. The summed E-state index contributed by atoms with van der Waals surface area (Å²) in [5, 5.41) is 9.52. The third-order valence-electron chi connectivity index (χ3n) is 3.51. The van der Waals surface area contributed by atoms with Crippen LogP contribution in [0.2, 0.25) is 0 Å². The summed E-state index contributed by atoms with van der Waals surface area (Å²) in [5.74, 6) is 0.304. The Morgan fingerprint density at radius 3 is 2.76 bits per heavy atom. The van der Waals surface area contributed by atoms with Gasteiger partial charge in [-0.2, -0.15) is 5.10 Å². The molecule has 3 rings (SSSR count). The van der Waals surface area contributed by atoms with E-state index in [0.29, 0.717) is 23.4 Å². The van der Waals surface area contributed by atoms with Crippen LogP contribution < -0.4 is 10.1 Å². The molecule has 1 heterocycles. The molecule has 2 aromatic rings. The molecular weight excluding hydrogens is 270 g/mol. The fourth-order valence-electron chi connectivity index (χ4n) is 2.44. The lowest BCUT2D eigenvalue weighted by molar-refractivity contribution is 0.0955. The van der Waals surface area contributed by atoms with Crippen molar-refractivity contribution >= 4 is 17.4 Å². The number of nitrogens with one attached hydrogen (secondary N) is 2. The molecule has 1 aromatic carbocycles. The first kappa shape index (κ1) is 13.4. The SMILES string of the molecule is COc1ccc(NC(=O)c2n[nH]c3c2C(=O)CCC3)cc1. The van der Waals surface area contributed by atoms with E-state index in [0.717, 1.165) is 18.5 Å². The van der Waals surface area contributed by atoms with Crippen LogP contribution in [0.5, 0.6) is 5.75 Å². The highest BCUT2D eigenvalue weighted by molar-refractivity contribution is 6.12. The lowest BCUT2D eigenvalue weighted by Crippen LogP contribution is -2.18. The van der Waals surface area contributed by atoms with Gasteiger partial charge in [-0.1, -0.05) is 0 Å². The smallest absolute Gasteiger partial charge is 0.276 e. The number of aromatic nitrogens is 2. The largest absolute Gasteiger partial charge is 0.497 e. The molecule has 6 nitrogen and oxygen atoms in total. The van der Waals surface area contributed by atoms with E-state index in [1.54, 1.807) is 31.4 Å². The molecule has 0 bridgehead atoms. The van der Waals surface area contributed by atoms with E-state index >= 15 is 0 Å². The van der Waals surface area contributed by atoms with Crippen molar-refractivity contribution in [3.05, 3.63) is 41.2 Å². The van der Waals surface area contributed by atoms with Gasteiger partial charge in [0.05, 0.1) is 12.7 Å². The van der Waals surface area contributed by atoms with Crippen LogP contribution in [0.4, 0.5) is 5.69 Å². The second-order valence-corrected chi connectivity index (χ2v) is 4.89. The van der Waals surface area contributed by atoms with Crippen molar-refractivity contribution in [3.63, 3.8) is 0 Å². The van der Waals surface area contributed by atoms with Crippen molar-refractivity contribution in [2.45, 2.75) is 19.3 Å². The number of hydrogen-bond acceptors (Lipinski definition) is 4. The van der Waals surface area contributed by atoms with Crippen LogP contribution in [-0.2, 0) is 6.42 Å². The average Bonchev–Trinajstić information content (AvgIpc) is 2.93. The van der Waals surface area contributed by atoms with Gasteiger partial charge in [0.25, 0.3) is 5.91 Å². The lowest BCUT2D eigenvalue weighted by Gasteiger charge is -2.10. The fraction of sp³-hybridized carbons (Fsp3) is 0.267. The van der Waals surface area contributed by atoms with Crippen LogP contribution in [0, 0.1) is 0 Å². The van der Waals surface area contributed by atoms with Crippen LogP contribution in [-0.4, -0.2) is 29.0 Å². The van der Waals surface area contributed by atoms with Crippen LogP contribution in [0.3, 0.4) is 0 Å². The molecule has 1 aliphatic carbocycles. The molecule has 108 valence electrons. The standard InChI is InChI=1S/C15H15N3O3/c1-21-10-7-5-9(6-8-10)16-15(20)14-13-11(17-18-14)3-2-4-12(13)19/h5-8H,2-4H2,1H3,(H,16,20)(H,17,18). The van der Waals surface area contributed by atoms with Crippen molar-refractivity contribution in [2.24, 2.45) is 0 Å². The number of benzene rings is 1. The van der Waals surface area contributed by atoms with Gasteiger partial charge >= 0.3 is 0 Å². The van der Waals surface area contributed by atoms with Crippen LogP contribution in [0.1, 0.15) is 39.4 Å². The van der Waals surface area contributed by atoms with E-state index in [2.05, 4.69) is 15.5 Å². The Labute approximate surface area is 121 Å². The predicted octanol–water partition coefficient (Wildman–Crippen LogP) is 2.19. The highest BCUT2D eigenvalue weighted by Gasteiger charge is 2.27. The summed E-state index contributed by atoms with van der Waals surface area (Å²) in [6.07, 6.45) is 2.02. The molecule has 0 atom stereocenters. The quantitative estimate of drug-likeness (QED) is 0.905. The molecular formula is C15H15N3O3. The van der Waals surface area contributed by atoms with E-state index < -0.39 is 0 Å². The number of Topliss-reactive ketones (excluding diaryl/α,β-unsaturated/α-hetero) is 1. The zero-order valence-corrected chi connectivity index (χ0v) is 11.6. The molecule has 0 aliphatic heterocycles. The van der Waals surface area contributed by atoms with Crippen molar-refractivity contribution in [2.75, 3.05) is 12.4 Å². The average molecular weight is 285 g/mol. The molecule has 2 N–H and O–H groups in total. The maximum Gasteiger partial charge on any atom is 0.276 e. The van der Waals surface area contributed by atoms with E-state index in [9.17, 15) is 9.59 Å². The number of hydrogen-bond donors (Lipinski definition) is 2. The number of nitrogens with zero attached hydrogens (tertiary/aromatic N) is 1. The molecule has 0 saturated heterocycles. The zero-order valence-electron chi connectivity index (χ0n) is 11.6. The number of aryl methyl sites for hydroxylation is 1. The first-order chi connectivity index (χ1) is 10.2. The monoisotopic (exact) mass is 285 g/mol. The van der Waals surface area contributed by atoms with Crippen molar-refractivity contribution in [1.82, 2.24) is 10.2 Å². The van der Waals surface area contributed by atoms with E-state index in [4.69, 9.17) is 4.74 Å². The number of aromatic amines is 1. The Morgan fingerprint density at radius 2 is 2.05 bits per heavy atom. The van der Waals surface area contributed by atoms with Crippen molar-refractivity contribution in [3.8, 4) is 5.75 Å². The molecule has 1 aliphatic rings. The van der Waals surface area contributed by atoms with E-state index in [-0.39, 0.29) is 17.4 Å². The Morgan fingerprint density at radius 1 is 1.29 bits per heavy atom. The number of carbonyl (C=O) groups is 2. The van der Waals surface area contributed by atoms with Gasteiger partial charge in [-0.25, -0.2) is 0 Å². The minimum absolute atomic E-state index is 0.0233. The molecule has 1 amide bonds. The third kappa shape index (κ3) is 2.52. The maximum atomic E-state index is 12.3. The van der Waals surface area contributed by atoms with Crippen molar-refractivity contribution < 1.29 is 14.3 Å². The fourth-order valence-corrected chi connectivity index (χ4v) is 2.44. The van der Waals surface area contributed by atoms with Gasteiger partial charge in [-0.05, 0) is 37.1 Å². The second kappa shape index (κ2) is 5.40. The lowest BCUT2D eigenvalue weighted by atomic mass is 9.94. The molecule has 0 spiro atoms. The van der Waals surface area contributed by atoms with Gasteiger partial charge in [-0.15, -0.1) is 0 Å². The third-order valence-corrected chi connectivity index (χ3v) is 3.51. The Balaban J connectivity index is 1.82. The normalized spacial score (nSPS) is 13.7. The van der Waals surface area contributed by atoms with Gasteiger partial charge in [0, 0.05) is 17.8 Å². The topological polar surface area (TPSA) is 84.1 Å². The van der Waals surface area contributed by atoms with Gasteiger partial charge < -0.3 is 10.1 Å². The summed E-state index contributed by atoms with van der Waals surface area (Å²) in [4.78, 5) is 24.2. The Kier molecular flexibility index (Phi) is 3.43. The number of rotatable bonds is 3. The number of amides is 1. The molecule has 0 radical (unpaired) electrons. The summed E-state index contributed by atoms with van der Waals surface area (Å²) in [7, 11) is 1.58. The highest BCUT2D eigenvalue weighted by atomic mass is 16.5. The predicted molar refractivity (Wildman–Crippen MR) is 76.8 cm³/mol. The first-order valence-corrected chi connectivity index (χ1v) is 6.75. The summed E-state index contributed by atoms with van der Waals surface area (Å²) >= 11 is 0. The number of carbonyl (C=O) groups excluding carboxylic acids is 2. The summed E-state index contributed by atoms with van der Waals surface area (Å²) in [6.45, 7) is 0. The van der Waals surface area contributed by atoms with Crippen LogP contribution in [0.15, 0.2) is 24.3 Å². The van der Waals surface area contributed by atoms with Crippen LogP contribution >= 0.6 is 0 Å². The number of fused-ring (bicyclic) bond motifs is 1. The van der Waals surface area contributed by atoms with Gasteiger partial charge in [0.1, 0.15) is 5.75 Å².